The van der Waals surface area contributed by atoms with Gasteiger partial charge in [-0.2, -0.15) is 16.9 Å². The number of thioether (sulfide) groups is 1. The van der Waals surface area contributed by atoms with Gasteiger partial charge in [-0.05, 0) is 26.0 Å². The maximum atomic E-state index is 6.23. The molecule has 98 valence electrons. The lowest BCUT2D eigenvalue weighted by Crippen LogP contribution is -2.20. The molecule has 0 radical (unpaired) electrons. The Morgan fingerprint density at radius 2 is 2.24 bits per heavy atom. The van der Waals surface area contributed by atoms with Gasteiger partial charge in [-0.3, -0.25) is 4.68 Å². The number of nitrogens with two attached hydrogens (primary N) is 1. The van der Waals surface area contributed by atoms with Crippen LogP contribution in [0.1, 0.15) is 45.0 Å². The third kappa shape index (κ3) is 3.64. The Kier molecular flexibility index (Phi) is 5.85. The van der Waals surface area contributed by atoms with Crippen LogP contribution in [0.3, 0.4) is 0 Å². The molecule has 0 spiro atoms. The van der Waals surface area contributed by atoms with Crippen molar-refractivity contribution in [2.45, 2.75) is 39.3 Å². The van der Waals surface area contributed by atoms with Crippen molar-refractivity contribution in [2.75, 3.05) is 18.6 Å². The molecule has 1 unspecified atom stereocenters. The summed E-state index contributed by atoms with van der Waals surface area (Å²) in [5.41, 5.74) is 7.24. The number of hydrogen-bond donors (Lipinski definition) is 1. The van der Waals surface area contributed by atoms with E-state index >= 15 is 0 Å². The van der Waals surface area contributed by atoms with E-state index in [1.165, 1.54) is 6.42 Å². The van der Waals surface area contributed by atoms with Crippen LogP contribution in [0.5, 0.6) is 5.75 Å². The highest BCUT2D eigenvalue weighted by molar-refractivity contribution is 7.99. The van der Waals surface area contributed by atoms with E-state index in [0.717, 1.165) is 22.9 Å². The number of nitrogens with zero attached hydrogens (tertiary/aromatic N) is 2. The largest absolute Gasteiger partial charge is 0.493 e. The second-order valence-corrected chi connectivity index (χ2v) is 5.47. The van der Waals surface area contributed by atoms with Crippen molar-refractivity contribution in [2.24, 2.45) is 5.73 Å². The zero-order valence-corrected chi connectivity index (χ0v) is 12.0. The summed E-state index contributed by atoms with van der Waals surface area (Å²) in [5, 5.41) is 4.34. The first kappa shape index (κ1) is 14.4. The highest BCUT2D eigenvalue weighted by Crippen LogP contribution is 2.28. The highest BCUT2D eigenvalue weighted by Gasteiger charge is 2.20. The topological polar surface area (TPSA) is 53.1 Å². The summed E-state index contributed by atoms with van der Waals surface area (Å²) in [6.45, 7) is 6.38. The Hall–Kier alpha value is -0.680. The summed E-state index contributed by atoms with van der Waals surface area (Å²) in [4.78, 5) is 0. The van der Waals surface area contributed by atoms with Gasteiger partial charge in [-0.25, -0.2) is 0 Å². The Balaban J connectivity index is 2.81. The van der Waals surface area contributed by atoms with E-state index in [1.807, 2.05) is 16.4 Å². The Morgan fingerprint density at radius 3 is 2.76 bits per heavy atom. The first-order valence-electron chi connectivity index (χ1n) is 6.06. The normalized spacial score (nSPS) is 13.1. The second-order valence-electron chi connectivity index (χ2n) is 4.32. The van der Waals surface area contributed by atoms with Gasteiger partial charge >= 0.3 is 0 Å². The SMILES string of the molecule is CCCSCC(N)c1c(OC)cnn1C(C)C. The minimum absolute atomic E-state index is 0.0219. The van der Waals surface area contributed by atoms with E-state index < -0.39 is 0 Å². The summed E-state index contributed by atoms with van der Waals surface area (Å²) in [5.74, 6) is 2.84. The van der Waals surface area contributed by atoms with Crippen LogP contribution in [0.25, 0.3) is 0 Å². The average molecular weight is 257 g/mol. The third-order valence-corrected chi connectivity index (χ3v) is 3.80. The van der Waals surface area contributed by atoms with Crippen molar-refractivity contribution < 1.29 is 4.74 Å². The van der Waals surface area contributed by atoms with E-state index in [2.05, 4.69) is 25.9 Å². The second kappa shape index (κ2) is 6.91. The monoisotopic (exact) mass is 257 g/mol. The molecule has 1 aromatic heterocycles. The number of rotatable bonds is 7. The number of methoxy groups -OCH3 is 1. The molecule has 0 fully saturated rings. The molecule has 5 heteroatoms. The summed E-state index contributed by atoms with van der Waals surface area (Å²) in [6.07, 6.45) is 2.93. The van der Waals surface area contributed by atoms with Gasteiger partial charge in [0, 0.05) is 11.8 Å². The molecule has 0 amide bonds. The van der Waals surface area contributed by atoms with Crippen LogP contribution in [0.15, 0.2) is 6.20 Å². The van der Waals surface area contributed by atoms with Gasteiger partial charge in [0.2, 0.25) is 0 Å². The van der Waals surface area contributed by atoms with Gasteiger partial charge in [-0.15, -0.1) is 0 Å². The lowest BCUT2D eigenvalue weighted by Gasteiger charge is -2.17. The summed E-state index contributed by atoms with van der Waals surface area (Å²) in [7, 11) is 1.66. The fourth-order valence-electron chi connectivity index (χ4n) is 1.71. The highest BCUT2D eigenvalue weighted by atomic mass is 32.2. The molecule has 1 aromatic rings. The molecular weight excluding hydrogens is 234 g/mol. The van der Waals surface area contributed by atoms with Gasteiger partial charge in [0.1, 0.15) is 0 Å². The van der Waals surface area contributed by atoms with Crippen molar-refractivity contribution in [1.29, 1.82) is 0 Å². The van der Waals surface area contributed by atoms with Gasteiger partial charge in [0.05, 0.1) is 25.0 Å². The summed E-state index contributed by atoms with van der Waals surface area (Å²) >= 11 is 1.88. The van der Waals surface area contributed by atoms with Crippen molar-refractivity contribution in [1.82, 2.24) is 9.78 Å². The molecule has 1 atom stereocenters. The molecule has 17 heavy (non-hydrogen) atoms. The van der Waals surface area contributed by atoms with Crippen molar-refractivity contribution in [3.05, 3.63) is 11.9 Å². The van der Waals surface area contributed by atoms with Crippen LogP contribution >= 0.6 is 11.8 Å². The maximum Gasteiger partial charge on any atom is 0.161 e. The van der Waals surface area contributed by atoms with Gasteiger partial charge < -0.3 is 10.5 Å². The van der Waals surface area contributed by atoms with E-state index in [-0.39, 0.29) is 6.04 Å². The molecule has 0 aromatic carbocycles. The molecular formula is C12H23N3OS. The summed E-state index contributed by atoms with van der Waals surface area (Å²) < 4.78 is 7.29. The van der Waals surface area contributed by atoms with Crippen LogP contribution in [0.4, 0.5) is 0 Å². The molecule has 0 saturated heterocycles. The van der Waals surface area contributed by atoms with E-state index in [4.69, 9.17) is 10.5 Å². The Labute approximate surface area is 108 Å². The molecule has 4 nitrogen and oxygen atoms in total. The quantitative estimate of drug-likeness (QED) is 0.763. The van der Waals surface area contributed by atoms with Crippen molar-refractivity contribution >= 4 is 11.8 Å². The molecule has 0 saturated carbocycles. The van der Waals surface area contributed by atoms with E-state index in [1.54, 1.807) is 13.3 Å². The number of hydrogen-bond acceptors (Lipinski definition) is 4. The van der Waals surface area contributed by atoms with Gasteiger partial charge in [-0.1, -0.05) is 6.92 Å². The fraction of sp³-hybridized carbons (Fsp3) is 0.750. The van der Waals surface area contributed by atoms with Crippen LogP contribution in [0, 0.1) is 0 Å². The minimum Gasteiger partial charge on any atom is -0.493 e. The Morgan fingerprint density at radius 1 is 1.53 bits per heavy atom. The molecule has 0 bridgehead atoms. The maximum absolute atomic E-state index is 6.23. The zero-order valence-electron chi connectivity index (χ0n) is 11.1. The smallest absolute Gasteiger partial charge is 0.161 e. The van der Waals surface area contributed by atoms with E-state index in [9.17, 15) is 0 Å². The van der Waals surface area contributed by atoms with Crippen molar-refractivity contribution in [3.8, 4) is 5.75 Å². The zero-order chi connectivity index (χ0) is 12.8. The molecule has 0 aliphatic rings. The first-order valence-corrected chi connectivity index (χ1v) is 7.22. The lowest BCUT2D eigenvalue weighted by atomic mass is 10.2. The Bertz CT molecular complexity index is 338. The molecule has 2 N–H and O–H groups in total. The standard InChI is InChI=1S/C12H23N3OS/c1-5-6-17-8-10(13)12-11(16-4)7-14-15(12)9(2)3/h7,9-10H,5-6,8,13H2,1-4H3. The van der Waals surface area contributed by atoms with Crippen LogP contribution < -0.4 is 10.5 Å². The van der Waals surface area contributed by atoms with E-state index in [0.29, 0.717) is 6.04 Å². The number of aromatic nitrogens is 2. The lowest BCUT2D eigenvalue weighted by molar-refractivity contribution is 0.399. The minimum atomic E-state index is -0.0219. The van der Waals surface area contributed by atoms with Crippen molar-refractivity contribution in [3.63, 3.8) is 0 Å². The van der Waals surface area contributed by atoms with Crippen LogP contribution in [0.2, 0.25) is 0 Å². The van der Waals surface area contributed by atoms with Gasteiger partial charge in [0.15, 0.2) is 5.75 Å². The van der Waals surface area contributed by atoms with Crippen LogP contribution in [-0.2, 0) is 0 Å². The average Bonchev–Trinajstić information content (AvgIpc) is 2.72. The predicted molar refractivity (Wildman–Crippen MR) is 73.7 cm³/mol. The fourth-order valence-corrected chi connectivity index (χ4v) is 2.58. The number of ether oxygens (including phenoxy) is 1. The molecule has 1 heterocycles. The van der Waals surface area contributed by atoms with Gasteiger partial charge in [0.25, 0.3) is 0 Å². The molecule has 0 aliphatic carbocycles. The third-order valence-electron chi connectivity index (χ3n) is 2.50. The first-order chi connectivity index (χ1) is 8.11. The summed E-state index contributed by atoms with van der Waals surface area (Å²) in [6, 6.07) is 0.280. The predicted octanol–water partition coefficient (Wildman–Crippen LogP) is 2.62. The van der Waals surface area contributed by atoms with Crippen LogP contribution in [-0.4, -0.2) is 28.4 Å². The molecule has 0 aliphatic heterocycles. The molecule has 1 rings (SSSR count).